The maximum absolute atomic E-state index is 14.2. The molecule has 2 atom stereocenters. The number of fused-ring (bicyclic) bond motifs is 1. The van der Waals surface area contributed by atoms with Gasteiger partial charge in [0.15, 0.2) is 0 Å². The number of benzene rings is 2. The largest absolute Gasteiger partial charge is 0.348 e. The summed E-state index contributed by atoms with van der Waals surface area (Å²) in [7, 11) is 0. The van der Waals surface area contributed by atoms with Gasteiger partial charge < -0.3 is 5.32 Å². The number of nitrogens with zero attached hydrogens (tertiary/aromatic N) is 3. The SMILES string of the molecule is Fc1ccccc1[C@@H]1C[C@@H](c2ccccc2)Nc2ncnn21. The van der Waals surface area contributed by atoms with Crippen LogP contribution in [0.3, 0.4) is 0 Å². The molecule has 0 saturated carbocycles. The number of halogens is 1. The molecule has 4 nitrogen and oxygen atoms in total. The van der Waals surface area contributed by atoms with Gasteiger partial charge in [-0.3, -0.25) is 0 Å². The molecule has 0 unspecified atom stereocenters. The summed E-state index contributed by atoms with van der Waals surface area (Å²) in [6.45, 7) is 0. The molecule has 2 heterocycles. The maximum atomic E-state index is 14.2. The molecule has 3 aromatic rings. The fourth-order valence-electron chi connectivity index (χ4n) is 3.03. The van der Waals surface area contributed by atoms with E-state index < -0.39 is 0 Å². The van der Waals surface area contributed by atoms with Crippen LogP contribution in [0.1, 0.15) is 29.6 Å². The molecule has 0 saturated heterocycles. The lowest BCUT2D eigenvalue weighted by Crippen LogP contribution is -2.28. The van der Waals surface area contributed by atoms with Crippen molar-refractivity contribution < 1.29 is 4.39 Å². The van der Waals surface area contributed by atoms with E-state index in [1.165, 1.54) is 12.4 Å². The van der Waals surface area contributed by atoms with Crippen LogP contribution in [0.2, 0.25) is 0 Å². The second kappa shape index (κ2) is 5.26. The Morgan fingerprint density at radius 3 is 2.64 bits per heavy atom. The fourth-order valence-corrected chi connectivity index (χ4v) is 3.03. The van der Waals surface area contributed by atoms with Gasteiger partial charge in [-0.1, -0.05) is 48.5 Å². The van der Waals surface area contributed by atoms with E-state index in [0.29, 0.717) is 11.5 Å². The summed E-state index contributed by atoms with van der Waals surface area (Å²) in [4.78, 5) is 4.26. The van der Waals surface area contributed by atoms with Gasteiger partial charge in [-0.2, -0.15) is 10.1 Å². The zero-order chi connectivity index (χ0) is 14.9. The predicted octanol–water partition coefficient (Wildman–Crippen LogP) is 3.56. The van der Waals surface area contributed by atoms with Gasteiger partial charge in [-0.15, -0.1) is 0 Å². The highest BCUT2D eigenvalue weighted by molar-refractivity contribution is 5.38. The standard InChI is InChI=1S/C17H15FN4/c18-14-9-5-4-8-13(14)16-10-15(12-6-2-1-3-7-12)21-17-19-11-20-22(16)17/h1-9,11,15-16H,10H2,(H,19,20,21)/t15-,16-/m0/s1. The molecular formula is C17H15FN4. The van der Waals surface area contributed by atoms with Crippen LogP contribution in [-0.2, 0) is 0 Å². The Bertz CT molecular complexity index is 784. The van der Waals surface area contributed by atoms with Crippen LogP contribution in [0, 0.1) is 5.82 Å². The molecule has 1 N–H and O–H groups in total. The second-order valence-electron chi connectivity index (χ2n) is 5.41. The highest BCUT2D eigenvalue weighted by Crippen LogP contribution is 2.37. The lowest BCUT2D eigenvalue weighted by molar-refractivity contribution is 0.416. The molecule has 0 fully saturated rings. The zero-order valence-corrected chi connectivity index (χ0v) is 11.9. The number of rotatable bonds is 2. The van der Waals surface area contributed by atoms with Gasteiger partial charge in [-0.25, -0.2) is 9.07 Å². The van der Waals surface area contributed by atoms with Gasteiger partial charge in [0.05, 0.1) is 12.1 Å². The predicted molar refractivity (Wildman–Crippen MR) is 82.0 cm³/mol. The second-order valence-corrected chi connectivity index (χ2v) is 5.41. The molecule has 0 amide bonds. The summed E-state index contributed by atoms with van der Waals surface area (Å²) in [6.07, 6.45) is 2.23. The molecule has 110 valence electrons. The Morgan fingerprint density at radius 1 is 1.05 bits per heavy atom. The topological polar surface area (TPSA) is 42.7 Å². The van der Waals surface area contributed by atoms with E-state index in [1.807, 2.05) is 30.3 Å². The summed E-state index contributed by atoms with van der Waals surface area (Å²) >= 11 is 0. The van der Waals surface area contributed by atoms with Crippen molar-refractivity contribution in [3.8, 4) is 0 Å². The third kappa shape index (κ3) is 2.15. The number of hydrogen-bond acceptors (Lipinski definition) is 3. The first-order valence-corrected chi connectivity index (χ1v) is 7.28. The molecule has 0 spiro atoms. The summed E-state index contributed by atoms with van der Waals surface area (Å²) < 4.78 is 16.0. The minimum atomic E-state index is -0.206. The first-order chi connectivity index (χ1) is 10.8. The molecule has 0 aliphatic carbocycles. The Hall–Kier alpha value is -2.69. The Labute approximate surface area is 127 Å². The maximum Gasteiger partial charge on any atom is 0.222 e. The van der Waals surface area contributed by atoms with Gasteiger partial charge in [-0.05, 0) is 18.1 Å². The lowest BCUT2D eigenvalue weighted by atomic mass is 9.93. The van der Waals surface area contributed by atoms with E-state index in [2.05, 4.69) is 27.5 Å². The van der Waals surface area contributed by atoms with Gasteiger partial charge in [0, 0.05) is 5.56 Å². The van der Waals surface area contributed by atoms with Gasteiger partial charge in [0.2, 0.25) is 5.95 Å². The van der Waals surface area contributed by atoms with E-state index in [9.17, 15) is 4.39 Å². The molecule has 22 heavy (non-hydrogen) atoms. The molecule has 0 radical (unpaired) electrons. The van der Waals surface area contributed by atoms with E-state index in [0.717, 1.165) is 12.0 Å². The van der Waals surface area contributed by atoms with E-state index in [-0.39, 0.29) is 17.9 Å². The van der Waals surface area contributed by atoms with Gasteiger partial charge in [0.25, 0.3) is 0 Å². The van der Waals surface area contributed by atoms with Crippen LogP contribution in [0.4, 0.5) is 10.3 Å². The third-order valence-electron chi connectivity index (χ3n) is 4.10. The number of anilines is 1. The van der Waals surface area contributed by atoms with Crippen molar-refractivity contribution in [1.29, 1.82) is 0 Å². The van der Waals surface area contributed by atoms with E-state index in [4.69, 9.17) is 0 Å². The van der Waals surface area contributed by atoms with Gasteiger partial charge in [0.1, 0.15) is 12.1 Å². The van der Waals surface area contributed by atoms with Crippen LogP contribution in [0.5, 0.6) is 0 Å². The van der Waals surface area contributed by atoms with Crippen molar-refractivity contribution in [2.45, 2.75) is 18.5 Å². The average Bonchev–Trinajstić information content (AvgIpc) is 3.04. The Morgan fingerprint density at radius 2 is 1.82 bits per heavy atom. The lowest BCUT2D eigenvalue weighted by Gasteiger charge is -2.31. The quantitative estimate of drug-likeness (QED) is 0.786. The van der Waals surface area contributed by atoms with Gasteiger partial charge >= 0.3 is 0 Å². The fraction of sp³-hybridized carbons (Fsp3) is 0.176. The van der Waals surface area contributed by atoms with Crippen LogP contribution < -0.4 is 5.32 Å². The van der Waals surface area contributed by atoms with E-state index >= 15 is 0 Å². The summed E-state index contributed by atoms with van der Waals surface area (Å²) in [6, 6.07) is 16.9. The van der Waals surface area contributed by atoms with Crippen molar-refractivity contribution >= 4 is 5.95 Å². The summed E-state index contributed by atoms with van der Waals surface area (Å²) in [5.41, 5.74) is 1.81. The molecule has 5 heteroatoms. The Kier molecular flexibility index (Phi) is 3.11. The first kappa shape index (κ1) is 13.0. The minimum absolute atomic E-state index is 0.0857. The Balaban J connectivity index is 1.77. The molecule has 1 aliphatic heterocycles. The van der Waals surface area contributed by atoms with Crippen LogP contribution in [-0.4, -0.2) is 14.8 Å². The molecule has 4 rings (SSSR count). The van der Waals surface area contributed by atoms with Crippen LogP contribution in [0.15, 0.2) is 60.9 Å². The molecule has 1 aliphatic rings. The van der Waals surface area contributed by atoms with Crippen molar-refractivity contribution in [1.82, 2.24) is 14.8 Å². The highest BCUT2D eigenvalue weighted by atomic mass is 19.1. The van der Waals surface area contributed by atoms with Crippen molar-refractivity contribution in [3.05, 3.63) is 77.9 Å². The molecular weight excluding hydrogens is 279 g/mol. The molecule has 1 aromatic heterocycles. The highest BCUT2D eigenvalue weighted by Gasteiger charge is 2.31. The molecule has 0 bridgehead atoms. The zero-order valence-electron chi connectivity index (χ0n) is 11.9. The summed E-state index contributed by atoms with van der Waals surface area (Å²) in [5, 5.41) is 7.64. The number of aromatic nitrogens is 3. The summed E-state index contributed by atoms with van der Waals surface area (Å²) in [5.74, 6) is 0.469. The van der Waals surface area contributed by atoms with Crippen molar-refractivity contribution in [2.24, 2.45) is 0 Å². The number of hydrogen-bond donors (Lipinski definition) is 1. The van der Waals surface area contributed by atoms with Crippen LogP contribution >= 0.6 is 0 Å². The third-order valence-corrected chi connectivity index (χ3v) is 4.10. The van der Waals surface area contributed by atoms with Crippen molar-refractivity contribution in [2.75, 3.05) is 5.32 Å². The minimum Gasteiger partial charge on any atom is -0.348 e. The monoisotopic (exact) mass is 294 g/mol. The number of nitrogens with one attached hydrogen (secondary N) is 1. The first-order valence-electron chi connectivity index (χ1n) is 7.28. The van der Waals surface area contributed by atoms with Crippen molar-refractivity contribution in [3.63, 3.8) is 0 Å². The smallest absolute Gasteiger partial charge is 0.222 e. The average molecular weight is 294 g/mol. The van der Waals surface area contributed by atoms with Crippen LogP contribution in [0.25, 0.3) is 0 Å². The normalized spacial score (nSPS) is 20.2. The van der Waals surface area contributed by atoms with E-state index in [1.54, 1.807) is 10.7 Å². The molecule has 2 aromatic carbocycles.